The van der Waals surface area contributed by atoms with Crippen molar-refractivity contribution in [1.82, 2.24) is 25.2 Å². The van der Waals surface area contributed by atoms with Crippen molar-refractivity contribution >= 4 is 5.91 Å². The van der Waals surface area contributed by atoms with Crippen molar-refractivity contribution in [2.45, 2.75) is 31.5 Å². The summed E-state index contributed by atoms with van der Waals surface area (Å²) in [4.78, 5) is 14.4. The van der Waals surface area contributed by atoms with Crippen LogP contribution in [0, 0.1) is 11.7 Å². The average Bonchev–Trinajstić information content (AvgIpc) is 3.13. The molecule has 2 heterocycles. The third-order valence-electron chi connectivity index (χ3n) is 4.72. The van der Waals surface area contributed by atoms with Gasteiger partial charge in [0.15, 0.2) is 0 Å². The Hall–Kier alpha value is -2.28. The van der Waals surface area contributed by atoms with Crippen LogP contribution in [0.3, 0.4) is 0 Å². The van der Waals surface area contributed by atoms with Gasteiger partial charge in [-0.15, -0.1) is 5.10 Å². The summed E-state index contributed by atoms with van der Waals surface area (Å²) in [6.45, 7) is 2.12. The highest BCUT2D eigenvalue weighted by molar-refractivity contribution is 5.81. The van der Waals surface area contributed by atoms with Gasteiger partial charge < -0.3 is 5.32 Å². The number of hydrogen-bond donors (Lipinski definition) is 1. The van der Waals surface area contributed by atoms with E-state index in [1.807, 2.05) is 16.9 Å². The van der Waals surface area contributed by atoms with Crippen molar-refractivity contribution in [2.75, 3.05) is 13.1 Å². The van der Waals surface area contributed by atoms with E-state index in [4.69, 9.17) is 0 Å². The number of amides is 1. The van der Waals surface area contributed by atoms with Crippen LogP contribution in [0.15, 0.2) is 36.7 Å². The van der Waals surface area contributed by atoms with Crippen molar-refractivity contribution < 1.29 is 9.18 Å². The van der Waals surface area contributed by atoms with Gasteiger partial charge in [0.1, 0.15) is 5.82 Å². The maximum absolute atomic E-state index is 13.4. The molecular formula is C17H20FN5O. The molecular weight excluding hydrogens is 309 g/mol. The third-order valence-corrected chi connectivity index (χ3v) is 4.72. The second kappa shape index (κ2) is 6.32. The predicted octanol–water partition coefficient (Wildman–Crippen LogP) is 1.37. The highest BCUT2D eigenvalue weighted by Crippen LogP contribution is 2.30. The summed E-state index contributed by atoms with van der Waals surface area (Å²) in [7, 11) is 0. The summed E-state index contributed by atoms with van der Waals surface area (Å²) in [5.74, 6) is 0.0921. The fraction of sp³-hybridized carbons (Fsp3) is 0.471. The molecule has 2 aromatic rings. The topological polar surface area (TPSA) is 63.1 Å². The lowest BCUT2D eigenvalue weighted by molar-refractivity contribution is -0.123. The standard InChI is InChI=1S/C17H20FN5O/c18-14-3-1-2-12(8-14)9-22-10-15(20-17(24)13-4-5-13)16(11-22)23-7-6-19-21-23/h1-3,6-8,13,15-16H,4-5,9-11H2,(H,20,24)/t15-,16+/m1/s1. The average molecular weight is 329 g/mol. The van der Waals surface area contributed by atoms with Crippen LogP contribution in [0.2, 0.25) is 0 Å². The normalized spacial score (nSPS) is 24.2. The maximum Gasteiger partial charge on any atom is 0.223 e. The summed E-state index contributed by atoms with van der Waals surface area (Å²) < 4.78 is 15.2. The Morgan fingerprint density at radius 1 is 1.33 bits per heavy atom. The predicted molar refractivity (Wildman–Crippen MR) is 85.4 cm³/mol. The number of hydrogen-bond acceptors (Lipinski definition) is 4. The zero-order valence-corrected chi connectivity index (χ0v) is 13.3. The van der Waals surface area contributed by atoms with Gasteiger partial charge in [0.05, 0.1) is 18.3 Å². The second-order valence-corrected chi connectivity index (χ2v) is 6.66. The van der Waals surface area contributed by atoms with Gasteiger partial charge >= 0.3 is 0 Å². The number of nitrogens with one attached hydrogen (secondary N) is 1. The van der Waals surface area contributed by atoms with Gasteiger partial charge in [0.2, 0.25) is 5.91 Å². The Kier molecular flexibility index (Phi) is 4.02. The summed E-state index contributed by atoms with van der Waals surface area (Å²) >= 11 is 0. The molecule has 0 radical (unpaired) electrons. The molecule has 1 aliphatic carbocycles. The van der Waals surface area contributed by atoms with Gasteiger partial charge in [-0.25, -0.2) is 9.07 Å². The Labute approximate surface area is 139 Å². The van der Waals surface area contributed by atoms with Crippen LogP contribution in [0.25, 0.3) is 0 Å². The molecule has 1 saturated heterocycles. The second-order valence-electron chi connectivity index (χ2n) is 6.66. The van der Waals surface area contributed by atoms with Crippen LogP contribution in [0.5, 0.6) is 0 Å². The van der Waals surface area contributed by atoms with Crippen LogP contribution < -0.4 is 5.32 Å². The van der Waals surface area contributed by atoms with E-state index in [1.165, 1.54) is 6.07 Å². The van der Waals surface area contributed by atoms with Crippen LogP contribution in [-0.4, -0.2) is 44.9 Å². The molecule has 1 aliphatic heterocycles. The lowest BCUT2D eigenvalue weighted by Gasteiger charge is -2.19. The molecule has 1 aromatic carbocycles. The third kappa shape index (κ3) is 3.31. The van der Waals surface area contributed by atoms with E-state index in [2.05, 4.69) is 20.5 Å². The van der Waals surface area contributed by atoms with Crippen molar-refractivity contribution in [2.24, 2.45) is 5.92 Å². The fourth-order valence-corrected chi connectivity index (χ4v) is 3.34. The SMILES string of the molecule is O=C(N[C@@H]1CN(Cc2cccc(F)c2)C[C@@H]1n1ccnn1)C1CC1. The highest BCUT2D eigenvalue weighted by atomic mass is 19.1. The summed E-state index contributed by atoms with van der Waals surface area (Å²) in [5, 5.41) is 11.1. The van der Waals surface area contributed by atoms with Gasteiger partial charge in [-0.2, -0.15) is 0 Å². The molecule has 7 heteroatoms. The van der Waals surface area contributed by atoms with E-state index in [0.29, 0.717) is 6.54 Å². The van der Waals surface area contributed by atoms with Crippen molar-refractivity contribution in [3.8, 4) is 0 Å². The minimum absolute atomic E-state index is 0.00615. The maximum atomic E-state index is 13.4. The molecule has 2 aliphatic rings. The summed E-state index contributed by atoms with van der Waals surface area (Å²) in [5.41, 5.74) is 0.932. The molecule has 1 saturated carbocycles. The first-order valence-electron chi connectivity index (χ1n) is 8.32. The summed E-state index contributed by atoms with van der Waals surface area (Å²) in [6, 6.07) is 6.69. The number of nitrogens with zero attached hydrogens (tertiary/aromatic N) is 4. The molecule has 0 bridgehead atoms. The Balaban J connectivity index is 1.48. The van der Waals surface area contributed by atoms with Crippen molar-refractivity contribution in [3.63, 3.8) is 0 Å². The summed E-state index contributed by atoms with van der Waals surface area (Å²) in [6.07, 6.45) is 5.45. The number of likely N-dealkylation sites (tertiary alicyclic amines) is 1. The Morgan fingerprint density at radius 3 is 2.92 bits per heavy atom. The number of rotatable bonds is 5. The monoisotopic (exact) mass is 329 g/mol. The minimum atomic E-state index is -0.224. The molecule has 6 nitrogen and oxygen atoms in total. The molecule has 1 aromatic heterocycles. The number of halogens is 1. The van der Waals surface area contributed by atoms with E-state index < -0.39 is 0 Å². The van der Waals surface area contributed by atoms with Crippen LogP contribution >= 0.6 is 0 Å². The molecule has 2 fully saturated rings. The smallest absolute Gasteiger partial charge is 0.223 e. The van der Waals surface area contributed by atoms with Gasteiger partial charge in [-0.05, 0) is 30.5 Å². The lowest BCUT2D eigenvalue weighted by Crippen LogP contribution is -2.42. The lowest BCUT2D eigenvalue weighted by atomic mass is 10.1. The van der Waals surface area contributed by atoms with Crippen LogP contribution in [-0.2, 0) is 11.3 Å². The number of carbonyl (C=O) groups is 1. The molecule has 0 unspecified atom stereocenters. The first-order valence-corrected chi connectivity index (χ1v) is 8.32. The van der Waals surface area contributed by atoms with Crippen LogP contribution in [0.1, 0.15) is 24.4 Å². The zero-order valence-electron chi connectivity index (χ0n) is 13.3. The molecule has 0 spiro atoms. The van der Waals surface area contributed by atoms with Gasteiger partial charge in [0.25, 0.3) is 0 Å². The molecule has 4 rings (SSSR count). The van der Waals surface area contributed by atoms with Gasteiger partial charge in [-0.3, -0.25) is 9.69 Å². The molecule has 1 amide bonds. The quantitative estimate of drug-likeness (QED) is 0.900. The van der Waals surface area contributed by atoms with Gasteiger partial charge in [-0.1, -0.05) is 17.3 Å². The molecule has 24 heavy (non-hydrogen) atoms. The molecule has 126 valence electrons. The number of benzene rings is 1. The first-order chi connectivity index (χ1) is 11.7. The molecule has 1 N–H and O–H groups in total. The van der Waals surface area contributed by atoms with E-state index in [0.717, 1.165) is 31.5 Å². The van der Waals surface area contributed by atoms with E-state index in [1.54, 1.807) is 18.3 Å². The largest absolute Gasteiger partial charge is 0.350 e. The minimum Gasteiger partial charge on any atom is -0.350 e. The highest BCUT2D eigenvalue weighted by Gasteiger charge is 2.38. The van der Waals surface area contributed by atoms with Crippen molar-refractivity contribution in [3.05, 3.63) is 48.0 Å². The van der Waals surface area contributed by atoms with E-state index in [9.17, 15) is 9.18 Å². The first kappa shape index (κ1) is 15.3. The number of carbonyl (C=O) groups excluding carboxylic acids is 1. The van der Waals surface area contributed by atoms with E-state index in [-0.39, 0.29) is 29.7 Å². The van der Waals surface area contributed by atoms with E-state index >= 15 is 0 Å². The van der Waals surface area contributed by atoms with Crippen molar-refractivity contribution in [1.29, 1.82) is 0 Å². The number of aromatic nitrogens is 3. The Morgan fingerprint density at radius 2 is 2.21 bits per heavy atom. The van der Waals surface area contributed by atoms with Gasteiger partial charge in [0, 0.05) is 31.7 Å². The Bertz CT molecular complexity index is 716. The zero-order chi connectivity index (χ0) is 16.5. The fourth-order valence-electron chi connectivity index (χ4n) is 3.34. The van der Waals surface area contributed by atoms with Crippen LogP contribution in [0.4, 0.5) is 4.39 Å². The molecule has 2 atom stereocenters.